The van der Waals surface area contributed by atoms with Gasteiger partial charge in [0.25, 0.3) is 5.91 Å². The van der Waals surface area contributed by atoms with Crippen LogP contribution in [-0.2, 0) is 0 Å². The highest BCUT2D eigenvalue weighted by Gasteiger charge is 2.22. The van der Waals surface area contributed by atoms with Crippen LogP contribution in [0.25, 0.3) is 10.2 Å². The van der Waals surface area contributed by atoms with E-state index in [0.717, 1.165) is 35.4 Å². The number of carbonyl (C=O) groups excluding carboxylic acids is 1. The Morgan fingerprint density at radius 2 is 1.89 bits per heavy atom. The van der Waals surface area contributed by atoms with Crippen LogP contribution in [0.15, 0.2) is 42.5 Å². The molecule has 0 bridgehead atoms. The maximum atomic E-state index is 13.3. The van der Waals surface area contributed by atoms with E-state index >= 15 is 0 Å². The van der Waals surface area contributed by atoms with Crippen molar-refractivity contribution in [3.05, 3.63) is 58.6 Å². The molecule has 4 nitrogen and oxygen atoms in total. The average Bonchev–Trinajstić information content (AvgIpc) is 3.07. The Balaban J connectivity index is 1.96. The summed E-state index contributed by atoms with van der Waals surface area (Å²) >= 11 is 7.62. The normalized spacial score (nSPS) is 11.3. The Labute approximate surface area is 169 Å². The number of amides is 1. The number of benzene rings is 2. The number of rotatable bonds is 7. The third-order valence-corrected chi connectivity index (χ3v) is 5.89. The van der Waals surface area contributed by atoms with E-state index in [4.69, 9.17) is 16.6 Å². The molecule has 1 aromatic heterocycles. The van der Waals surface area contributed by atoms with Crippen molar-refractivity contribution in [1.29, 1.82) is 0 Å². The predicted molar refractivity (Wildman–Crippen MR) is 115 cm³/mol. The summed E-state index contributed by atoms with van der Waals surface area (Å²) in [6, 6.07) is 13.3. The minimum Gasteiger partial charge on any atom is -0.302 e. The lowest BCUT2D eigenvalue weighted by Gasteiger charge is -2.24. The smallest absolute Gasteiger partial charge is 0.260 e. The maximum Gasteiger partial charge on any atom is 0.260 e. The van der Waals surface area contributed by atoms with Crippen LogP contribution in [0, 0.1) is 6.92 Å². The Kier molecular flexibility index (Phi) is 6.47. The molecule has 2 aromatic carbocycles. The molecule has 0 atom stereocenters. The number of thiazole rings is 1. The number of hydrogen-bond donors (Lipinski definition) is 0. The number of hydrogen-bond acceptors (Lipinski definition) is 4. The van der Waals surface area contributed by atoms with Gasteiger partial charge in [-0.25, -0.2) is 4.98 Å². The van der Waals surface area contributed by atoms with Gasteiger partial charge >= 0.3 is 0 Å². The number of aryl methyl sites for hydroxylation is 1. The minimum absolute atomic E-state index is 0.0176. The summed E-state index contributed by atoms with van der Waals surface area (Å²) in [5, 5.41) is 1.39. The van der Waals surface area contributed by atoms with Crippen LogP contribution >= 0.6 is 22.9 Å². The number of halogens is 1. The molecule has 0 aliphatic heterocycles. The Bertz CT molecular complexity index is 936. The van der Waals surface area contributed by atoms with Gasteiger partial charge in [0.15, 0.2) is 5.13 Å². The second kappa shape index (κ2) is 8.83. The molecule has 3 aromatic rings. The number of carbonyl (C=O) groups is 1. The third kappa shape index (κ3) is 4.67. The molecular weight excluding hydrogens is 378 g/mol. The van der Waals surface area contributed by atoms with Gasteiger partial charge in [-0.05, 0) is 50.3 Å². The van der Waals surface area contributed by atoms with E-state index in [-0.39, 0.29) is 5.91 Å². The van der Waals surface area contributed by atoms with Crippen molar-refractivity contribution in [1.82, 2.24) is 9.88 Å². The fourth-order valence-electron chi connectivity index (χ4n) is 3.00. The second-order valence-electron chi connectivity index (χ2n) is 6.46. The molecule has 27 heavy (non-hydrogen) atoms. The van der Waals surface area contributed by atoms with Gasteiger partial charge in [-0.2, -0.15) is 0 Å². The van der Waals surface area contributed by atoms with Crippen LogP contribution in [0.5, 0.6) is 0 Å². The molecule has 0 N–H and O–H groups in total. The highest BCUT2D eigenvalue weighted by molar-refractivity contribution is 7.22. The van der Waals surface area contributed by atoms with Crippen LogP contribution in [-0.4, -0.2) is 42.0 Å². The summed E-state index contributed by atoms with van der Waals surface area (Å²) in [6.45, 7) is 9.59. The first-order valence-electron chi connectivity index (χ1n) is 9.18. The summed E-state index contributed by atoms with van der Waals surface area (Å²) in [4.78, 5) is 22.1. The van der Waals surface area contributed by atoms with Gasteiger partial charge in [-0.15, -0.1) is 0 Å². The van der Waals surface area contributed by atoms with E-state index in [2.05, 4.69) is 18.7 Å². The van der Waals surface area contributed by atoms with E-state index in [1.54, 1.807) is 4.90 Å². The van der Waals surface area contributed by atoms with Gasteiger partial charge < -0.3 is 4.90 Å². The fraction of sp³-hybridized carbons (Fsp3) is 0.333. The molecule has 6 heteroatoms. The molecule has 1 heterocycles. The molecule has 0 aliphatic rings. The van der Waals surface area contributed by atoms with Gasteiger partial charge in [0.2, 0.25) is 0 Å². The monoisotopic (exact) mass is 401 g/mol. The first-order valence-corrected chi connectivity index (χ1v) is 10.4. The first kappa shape index (κ1) is 19.8. The van der Waals surface area contributed by atoms with Gasteiger partial charge in [-0.3, -0.25) is 9.69 Å². The zero-order chi connectivity index (χ0) is 19.4. The predicted octanol–water partition coefficient (Wildman–Crippen LogP) is 5.25. The minimum atomic E-state index is -0.0176. The van der Waals surface area contributed by atoms with Crippen molar-refractivity contribution < 1.29 is 4.79 Å². The SMILES string of the molecule is CCN(CC)CCN(C(=O)c1cccc(C)c1)c1nc2ccc(Cl)cc2s1. The standard InChI is InChI=1S/C21H24ClN3OS/c1-4-24(5-2)11-12-25(20(26)16-8-6-7-15(3)13-16)21-23-18-10-9-17(22)14-19(18)27-21/h6-10,13-14H,4-5,11-12H2,1-3H3. The van der Waals surface area contributed by atoms with Gasteiger partial charge in [0, 0.05) is 23.7 Å². The molecule has 0 saturated carbocycles. The number of likely N-dealkylation sites (N-methyl/N-ethyl adjacent to an activating group) is 1. The number of anilines is 1. The van der Waals surface area contributed by atoms with E-state index in [9.17, 15) is 4.79 Å². The van der Waals surface area contributed by atoms with Crippen LogP contribution in [0.4, 0.5) is 5.13 Å². The molecule has 0 saturated heterocycles. The lowest BCUT2D eigenvalue weighted by atomic mass is 10.1. The molecule has 0 radical (unpaired) electrons. The van der Waals surface area contributed by atoms with Crippen LogP contribution < -0.4 is 4.90 Å². The zero-order valence-electron chi connectivity index (χ0n) is 15.9. The zero-order valence-corrected chi connectivity index (χ0v) is 17.5. The van der Waals surface area contributed by atoms with Gasteiger partial charge in [0.05, 0.1) is 10.2 Å². The summed E-state index contributed by atoms with van der Waals surface area (Å²) in [5.74, 6) is -0.0176. The topological polar surface area (TPSA) is 36.4 Å². The van der Waals surface area contributed by atoms with E-state index in [0.29, 0.717) is 22.3 Å². The van der Waals surface area contributed by atoms with E-state index in [1.807, 2.05) is 49.4 Å². The average molecular weight is 402 g/mol. The fourth-order valence-corrected chi connectivity index (χ4v) is 4.27. The third-order valence-electron chi connectivity index (χ3n) is 4.61. The number of aromatic nitrogens is 1. The molecule has 0 aliphatic carbocycles. The van der Waals surface area contributed by atoms with Crippen LogP contribution in [0.1, 0.15) is 29.8 Å². The molecule has 3 rings (SSSR count). The Morgan fingerprint density at radius 3 is 2.59 bits per heavy atom. The van der Waals surface area contributed by atoms with Crippen molar-refractivity contribution >= 4 is 44.2 Å². The highest BCUT2D eigenvalue weighted by Crippen LogP contribution is 2.31. The lowest BCUT2D eigenvalue weighted by Crippen LogP contribution is -2.38. The van der Waals surface area contributed by atoms with Crippen LogP contribution in [0.3, 0.4) is 0 Å². The number of fused-ring (bicyclic) bond motifs is 1. The summed E-state index contributed by atoms with van der Waals surface area (Å²) < 4.78 is 0.988. The van der Waals surface area contributed by atoms with E-state index < -0.39 is 0 Å². The van der Waals surface area contributed by atoms with Crippen molar-refractivity contribution in [2.45, 2.75) is 20.8 Å². The molecule has 0 spiro atoms. The van der Waals surface area contributed by atoms with Gasteiger partial charge in [0.1, 0.15) is 0 Å². The summed E-state index contributed by atoms with van der Waals surface area (Å²) in [5.41, 5.74) is 2.62. The second-order valence-corrected chi connectivity index (χ2v) is 7.91. The van der Waals surface area contributed by atoms with E-state index in [1.165, 1.54) is 11.3 Å². The van der Waals surface area contributed by atoms with Crippen molar-refractivity contribution in [3.8, 4) is 0 Å². The largest absolute Gasteiger partial charge is 0.302 e. The summed E-state index contributed by atoms with van der Waals surface area (Å²) in [7, 11) is 0. The molecule has 142 valence electrons. The van der Waals surface area contributed by atoms with Crippen molar-refractivity contribution in [2.24, 2.45) is 0 Å². The van der Waals surface area contributed by atoms with Crippen molar-refractivity contribution in [2.75, 3.05) is 31.1 Å². The lowest BCUT2D eigenvalue weighted by molar-refractivity contribution is 0.0983. The quantitative estimate of drug-likeness (QED) is 0.542. The highest BCUT2D eigenvalue weighted by atomic mass is 35.5. The Morgan fingerprint density at radius 1 is 1.11 bits per heavy atom. The molecule has 0 fully saturated rings. The molecule has 1 amide bonds. The first-order chi connectivity index (χ1) is 13.0. The van der Waals surface area contributed by atoms with Crippen molar-refractivity contribution in [3.63, 3.8) is 0 Å². The molecular formula is C21H24ClN3OS. The van der Waals surface area contributed by atoms with Gasteiger partial charge in [-0.1, -0.05) is 54.5 Å². The van der Waals surface area contributed by atoms with Crippen LogP contribution in [0.2, 0.25) is 5.02 Å². The maximum absolute atomic E-state index is 13.3. The number of nitrogens with zero attached hydrogens (tertiary/aromatic N) is 3. The Hall–Kier alpha value is -1.95. The molecule has 0 unspecified atom stereocenters. The summed E-state index contributed by atoms with van der Waals surface area (Å²) in [6.07, 6.45) is 0.